The lowest BCUT2D eigenvalue weighted by atomic mass is 9.78. The predicted molar refractivity (Wildman–Crippen MR) is 55.4 cm³/mol. The topological polar surface area (TPSA) is 39.2 Å². The summed E-state index contributed by atoms with van der Waals surface area (Å²) in [4.78, 5) is 0. The lowest BCUT2D eigenvalue weighted by Crippen LogP contribution is -2.36. The van der Waals surface area contributed by atoms with E-state index >= 15 is 0 Å². The van der Waals surface area contributed by atoms with Crippen LogP contribution >= 0.6 is 15.9 Å². The summed E-state index contributed by atoms with van der Waals surface area (Å²) >= 11 is 3.28. The van der Waals surface area contributed by atoms with Crippen LogP contribution in [0.15, 0.2) is 21.4 Å². The first kappa shape index (κ1) is 9.28. The van der Waals surface area contributed by atoms with Crippen LogP contribution in [0.3, 0.4) is 0 Å². The molecule has 0 aliphatic heterocycles. The van der Waals surface area contributed by atoms with Crippen molar-refractivity contribution in [3.05, 3.63) is 22.6 Å². The Morgan fingerprint density at radius 2 is 2.38 bits per heavy atom. The van der Waals surface area contributed by atoms with Gasteiger partial charge in [0, 0.05) is 6.04 Å². The Hall–Kier alpha value is -0.280. The van der Waals surface area contributed by atoms with Crippen molar-refractivity contribution in [2.24, 2.45) is 11.7 Å². The number of rotatable bonds is 3. The molecule has 3 heteroatoms. The Morgan fingerprint density at radius 3 is 2.85 bits per heavy atom. The quantitative estimate of drug-likeness (QED) is 0.887. The molecule has 0 saturated heterocycles. The molecule has 0 bridgehead atoms. The van der Waals surface area contributed by atoms with E-state index in [-0.39, 0.29) is 0 Å². The van der Waals surface area contributed by atoms with Gasteiger partial charge in [0.25, 0.3) is 0 Å². The third-order valence-electron chi connectivity index (χ3n) is 2.85. The van der Waals surface area contributed by atoms with Crippen LogP contribution in [0.25, 0.3) is 0 Å². The Bertz CT molecular complexity index is 280. The Kier molecular flexibility index (Phi) is 2.74. The van der Waals surface area contributed by atoms with Crippen molar-refractivity contribution >= 4 is 15.9 Å². The number of halogens is 1. The zero-order valence-electron chi connectivity index (χ0n) is 7.50. The van der Waals surface area contributed by atoms with Gasteiger partial charge in [0.2, 0.25) is 0 Å². The highest BCUT2D eigenvalue weighted by atomic mass is 79.9. The zero-order chi connectivity index (χ0) is 9.26. The highest BCUT2D eigenvalue weighted by Crippen LogP contribution is 2.30. The highest BCUT2D eigenvalue weighted by molar-refractivity contribution is 9.10. The number of hydrogen-bond donors (Lipinski definition) is 1. The normalized spacial score (nSPS) is 19.8. The van der Waals surface area contributed by atoms with Gasteiger partial charge < -0.3 is 10.2 Å². The third-order valence-corrected chi connectivity index (χ3v) is 3.26. The van der Waals surface area contributed by atoms with Crippen molar-refractivity contribution in [1.29, 1.82) is 0 Å². The highest BCUT2D eigenvalue weighted by Gasteiger charge is 2.24. The van der Waals surface area contributed by atoms with Gasteiger partial charge in [-0.15, -0.1) is 0 Å². The van der Waals surface area contributed by atoms with E-state index in [2.05, 4.69) is 15.9 Å². The van der Waals surface area contributed by atoms with Crippen LogP contribution in [0.5, 0.6) is 0 Å². The number of furan rings is 1. The van der Waals surface area contributed by atoms with E-state index in [9.17, 15) is 0 Å². The van der Waals surface area contributed by atoms with Crippen molar-refractivity contribution in [3.8, 4) is 0 Å². The largest absolute Gasteiger partial charge is 0.457 e. The van der Waals surface area contributed by atoms with Gasteiger partial charge in [0.15, 0.2) is 4.67 Å². The van der Waals surface area contributed by atoms with E-state index in [1.807, 2.05) is 6.07 Å². The Morgan fingerprint density at radius 1 is 1.62 bits per heavy atom. The van der Waals surface area contributed by atoms with Gasteiger partial charge in [-0.05, 0) is 52.7 Å². The minimum absolute atomic E-state index is 0.318. The van der Waals surface area contributed by atoms with Crippen LogP contribution in [0, 0.1) is 5.92 Å². The molecule has 1 aromatic heterocycles. The maximum absolute atomic E-state index is 6.06. The second-order valence-corrected chi connectivity index (χ2v) is 4.60. The van der Waals surface area contributed by atoms with Gasteiger partial charge in [0.1, 0.15) is 0 Å². The smallest absolute Gasteiger partial charge is 0.169 e. The molecule has 1 heterocycles. The minimum atomic E-state index is 0.318. The summed E-state index contributed by atoms with van der Waals surface area (Å²) in [6, 6.07) is 2.32. The van der Waals surface area contributed by atoms with Crippen molar-refractivity contribution in [3.63, 3.8) is 0 Å². The molecule has 1 aliphatic rings. The summed E-state index contributed by atoms with van der Waals surface area (Å²) in [7, 11) is 0. The molecule has 0 amide bonds. The Balaban J connectivity index is 1.89. The SMILES string of the molecule is NC(Cc1coc(Br)c1)C1CCC1. The van der Waals surface area contributed by atoms with Crippen molar-refractivity contribution < 1.29 is 4.42 Å². The number of hydrogen-bond acceptors (Lipinski definition) is 2. The minimum Gasteiger partial charge on any atom is -0.457 e. The first-order chi connectivity index (χ1) is 6.25. The molecule has 1 unspecified atom stereocenters. The maximum atomic E-state index is 6.06. The van der Waals surface area contributed by atoms with Crippen molar-refractivity contribution in [2.75, 3.05) is 0 Å². The molecule has 2 N–H and O–H groups in total. The second-order valence-electron chi connectivity index (χ2n) is 3.82. The molecule has 1 fully saturated rings. The summed E-state index contributed by atoms with van der Waals surface area (Å²) < 4.78 is 5.95. The summed E-state index contributed by atoms with van der Waals surface area (Å²) in [5, 5.41) is 0. The van der Waals surface area contributed by atoms with Crippen LogP contribution in [-0.4, -0.2) is 6.04 Å². The first-order valence-electron chi connectivity index (χ1n) is 4.74. The summed E-state index contributed by atoms with van der Waals surface area (Å²) in [6.45, 7) is 0. The van der Waals surface area contributed by atoms with Crippen molar-refractivity contribution in [1.82, 2.24) is 0 Å². The molecule has 1 aromatic rings. The van der Waals surface area contributed by atoms with Gasteiger partial charge in [-0.3, -0.25) is 0 Å². The fourth-order valence-electron chi connectivity index (χ4n) is 1.76. The third kappa shape index (κ3) is 2.15. The van der Waals surface area contributed by atoms with E-state index < -0.39 is 0 Å². The van der Waals surface area contributed by atoms with Crippen LogP contribution in [-0.2, 0) is 6.42 Å². The number of nitrogens with two attached hydrogens (primary N) is 1. The van der Waals surface area contributed by atoms with Crippen LogP contribution < -0.4 is 5.73 Å². The Labute approximate surface area is 86.6 Å². The van der Waals surface area contributed by atoms with Crippen LogP contribution in [0.1, 0.15) is 24.8 Å². The zero-order valence-corrected chi connectivity index (χ0v) is 9.09. The molecule has 2 nitrogen and oxygen atoms in total. The first-order valence-corrected chi connectivity index (χ1v) is 5.53. The van der Waals surface area contributed by atoms with Gasteiger partial charge in [-0.1, -0.05) is 6.42 Å². The molecule has 0 aromatic carbocycles. The van der Waals surface area contributed by atoms with Gasteiger partial charge >= 0.3 is 0 Å². The lowest BCUT2D eigenvalue weighted by molar-refractivity contribution is 0.260. The standard InChI is InChI=1S/C10H14BrNO/c11-10-5-7(6-13-10)4-9(12)8-2-1-3-8/h5-6,8-9H,1-4,12H2. The molecular formula is C10H14BrNO. The summed E-state index contributed by atoms with van der Waals surface area (Å²) in [6.07, 6.45) is 6.69. The predicted octanol–water partition coefficient (Wildman–Crippen LogP) is 2.71. The lowest BCUT2D eigenvalue weighted by Gasteiger charge is -2.30. The fourth-order valence-corrected chi connectivity index (χ4v) is 2.15. The van der Waals surface area contributed by atoms with Crippen LogP contribution in [0.4, 0.5) is 0 Å². The molecule has 1 aliphatic carbocycles. The van der Waals surface area contributed by atoms with Gasteiger partial charge in [-0.2, -0.15) is 0 Å². The average Bonchev–Trinajstić information content (AvgIpc) is 2.31. The van der Waals surface area contributed by atoms with Gasteiger partial charge in [0.05, 0.1) is 6.26 Å². The summed E-state index contributed by atoms with van der Waals surface area (Å²) in [5.41, 5.74) is 7.26. The van der Waals surface area contributed by atoms with E-state index in [1.54, 1.807) is 6.26 Å². The average molecular weight is 244 g/mol. The van der Waals surface area contributed by atoms with E-state index in [0.29, 0.717) is 6.04 Å². The van der Waals surface area contributed by atoms with E-state index in [4.69, 9.17) is 10.2 Å². The van der Waals surface area contributed by atoms with Crippen molar-refractivity contribution in [2.45, 2.75) is 31.7 Å². The molecule has 0 spiro atoms. The second kappa shape index (κ2) is 3.84. The molecule has 1 atom stereocenters. The molecule has 2 rings (SSSR count). The maximum Gasteiger partial charge on any atom is 0.169 e. The van der Waals surface area contributed by atoms with E-state index in [1.165, 1.54) is 24.8 Å². The monoisotopic (exact) mass is 243 g/mol. The van der Waals surface area contributed by atoms with Gasteiger partial charge in [-0.25, -0.2) is 0 Å². The molecule has 13 heavy (non-hydrogen) atoms. The molecule has 72 valence electrons. The molecule has 0 radical (unpaired) electrons. The fraction of sp³-hybridized carbons (Fsp3) is 0.600. The van der Waals surface area contributed by atoms with Crippen LogP contribution in [0.2, 0.25) is 0 Å². The summed E-state index contributed by atoms with van der Waals surface area (Å²) in [5.74, 6) is 0.744. The van der Waals surface area contributed by atoms with E-state index in [0.717, 1.165) is 17.0 Å². The molecular weight excluding hydrogens is 230 g/mol. The molecule has 1 saturated carbocycles.